The third-order valence-electron chi connectivity index (χ3n) is 3.44. The van der Waals surface area contributed by atoms with Gasteiger partial charge in [-0.1, -0.05) is 24.3 Å². The Labute approximate surface area is 119 Å². The molecular weight excluding hydrogens is 254 g/mol. The molecule has 108 valence electrons. The van der Waals surface area contributed by atoms with Gasteiger partial charge in [0.1, 0.15) is 11.9 Å². The first-order valence-corrected chi connectivity index (χ1v) is 6.93. The summed E-state index contributed by atoms with van der Waals surface area (Å²) in [6.07, 6.45) is 2.08. The Morgan fingerprint density at radius 1 is 1.40 bits per heavy atom. The van der Waals surface area contributed by atoms with Crippen LogP contribution >= 0.6 is 0 Å². The Morgan fingerprint density at radius 3 is 2.75 bits per heavy atom. The van der Waals surface area contributed by atoms with Crippen molar-refractivity contribution in [2.75, 3.05) is 0 Å². The summed E-state index contributed by atoms with van der Waals surface area (Å²) >= 11 is 0. The molecule has 1 aliphatic rings. The molecule has 2 unspecified atom stereocenters. The lowest BCUT2D eigenvalue weighted by atomic mass is 9.94. The first-order chi connectivity index (χ1) is 9.40. The zero-order chi connectivity index (χ0) is 14.8. The maximum atomic E-state index is 11.8. The van der Waals surface area contributed by atoms with Crippen molar-refractivity contribution < 1.29 is 14.3 Å². The number of alkyl carbamates (subject to hydrolysis) is 1. The van der Waals surface area contributed by atoms with Gasteiger partial charge in [-0.15, -0.1) is 0 Å². The molecule has 0 bridgehead atoms. The van der Waals surface area contributed by atoms with Crippen LogP contribution in [0.1, 0.15) is 44.2 Å². The Bertz CT molecular complexity index is 505. The highest BCUT2D eigenvalue weighted by Crippen LogP contribution is 2.34. The fourth-order valence-corrected chi connectivity index (χ4v) is 2.64. The van der Waals surface area contributed by atoms with Gasteiger partial charge in [0, 0.05) is 5.92 Å². The fourth-order valence-electron chi connectivity index (χ4n) is 2.64. The number of rotatable bonds is 3. The van der Waals surface area contributed by atoms with Crippen molar-refractivity contribution in [2.45, 2.75) is 51.2 Å². The van der Waals surface area contributed by atoms with E-state index in [0.717, 1.165) is 24.7 Å². The lowest BCUT2D eigenvalue weighted by molar-refractivity contribution is -0.110. The number of fused-ring (bicyclic) bond motifs is 1. The molecule has 0 saturated carbocycles. The van der Waals surface area contributed by atoms with E-state index in [4.69, 9.17) is 4.74 Å². The van der Waals surface area contributed by atoms with Gasteiger partial charge < -0.3 is 14.8 Å². The van der Waals surface area contributed by atoms with E-state index in [1.165, 1.54) is 5.56 Å². The zero-order valence-corrected chi connectivity index (χ0v) is 12.2. The highest BCUT2D eigenvalue weighted by Gasteiger charge is 2.31. The molecule has 4 heteroatoms. The predicted octanol–water partition coefficient (Wildman–Crippen LogP) is 2.81. The van der Waals surface area contributed by atoms with Crippen LogP contribution in [0.15, 0.2) is 24.3 Å². The quantitative estimate of drug-likeness (QED) is 0.863. The number of ether oxygens (including phenoxy) is 1. The number of hydrogen-bond donors (Lipinski definition) is 1. The number of carbonyl (C=O) groups excluding carboxylic acids is 2. The predicted molar refractivity (Wildman–Crippen MR) is 76.7 cm³/mol. The zero-order valence-electron chi connectivity index (χ0n) is 12.2. The van der Waals surface area contributed by atoms with Crippen molar-refractivity contribution in [3.05, 3.63) is 35.4 Å². The summed E-state index contributed by atoms with van der Waals surface area (Å²) in [6, 6.07) is 7.53. The van der Waals surface area contributed by atoms with Gasteiger partial charge in [-0.25, -0.2) is 4.79 Å². The SMILES string of the molecule is CC(C)(C)OC(=O)NC(C=O)C1CCc2ccccc21. The van der Waals surface area contributed by atoms with Crippen molar-refractivity contribution in [1.29, 1.82) is 0 Å². The molecule has 0 aromatic heterocycles. The molecule has 20 heavy (non-hydrogen) atoms. The van der Waals surface area contributed by atoms with E-state index in [-0.39, 0.29) is 5.92 Å². The highest BCUT2D eigenvalue weighted by atomic mass is 16.6. The number of amides is 1. The van der Waals surface area contributed by atoms with Crippen LogP contribution in [-0.2, 0) is 16.0 Å². The minimum atomic E-state index is -0.564. The van der Waals surface area contributed by atoms with Crippen molar-refractivity contribution in [2.24, 2.45) is 0 Å². The molecule has 2 atom stereocenters. The van der Waals surface area contributed by atoms with Crippen molar-refractivity contribution in [1.82, 2.24) is 5.32 Å². The van der Waals surface area contributed by atoms with Crippen LogP contribution in [0, 0.1) is 0 Å². The second-order valence-electron chi connectivity index (χ2n) is 6.15. The van der Waals surface area contributed by atoms with Crippen LogP contribution in [0.25, 0.3) is 0 Å². The third kappa shape index (κ3) is 3.38. The van der Waals surface area contributed by atoms with Crippen LogP contribution in [-0.4, -0.2) is 24.0 Å². The molecule has 1 aromatic rings. The van der Waals surface area contributed by atoms with Crippen molar-refractivity contribution in [3.8, 4) is 0 Å². The van der Waals surface area contributed by atoms with E-state index in [2.05, 4.69) is 11.4 Å². The third-order valence-corrected chi connectivity index (χ3v) is 3.44. The lowest BCUT2D eigenvalue weighted by Gasteiger charge is -2.24. The largest absolute Gasteiger partial charge is 0.444 e. The van der Waals surface area contributed by atoms with Gasteiger partial charge in [-0.2, -0.15) is 0 Å². The van der Waals surface area contributed by atoms with Crippen molar-refractivity contribution in [3.63, 3.8) is 0 Å². The normalized spacial score (nSPS) is 19.1. The standard InChI is InChI=1S/C16H21NO3/c1-16(2,3)20-15(19)17-14(10-18)13-9-8-11-6-4-5-7-12(11)13/h4-7,10,13-14H,8-9H2,1-3H3,(H,17,19). The van der Waals surface area contributed by atoms with Gasteiger partial charge in [0.15, 0.2) is 0 Å². The summed E-state index contributed by atoms with van der Waals surface area (Å²) in [5.41, 5.74) is 1.85. The van der Waals surface area contributed by atoms with Gasteiger partial charge >= 0.3 is 6.09 Å². The van der Waals surface area contributed by atoms with E-state index in [9.17, 15) is 9.59 Å². The summed E-state index contributed by atoms with van der Waals surface area (Å²) in [6.45, 7) is 5.40. The first-order valence-electron chi connectivity index (χ1n) is 6.93. The molecule has 0 heterocycles. The maximum absolute atomic E-state index is 11.8. The summed E-state index contributed by atoms with van der Waals surface area (Å²) in [5, 5.41) is 2.68. The first kappa shape index (κ1) is 14.6. The van der Waals surface area contributed by atoms with Crippen LogP contribution in [0.5, 0.6) is 0 Å². The number of aryl methyl sites for hydroxylation is 1. The number of nitrogens with one attached hydrogen (secondary N) is 1. The molecule has 0 saturated heterocycles. The lowest BCUT2D eigenvalue weighted by Crippen LogP contribution is -2.42. The summed E-state index contributed by atoms with van der Waals surface area (Å²) in [5.74, 6) is 0.0382. The smallest absolute Gasteiger partial charge is 0.408 e. The summed E-state index contributed by atoms with van der Waals surface area (Å²) in [7, 11) is 0. The summed E-state index contributed by atoms with van der Waals surface area (Å²) < 4.78 is 5.21. The van der Waals surface area contributed by atoms with Gasteiger partial charge in [0.05, 0.1) is 6.04 Å². The number of carbonyl (C=O) groups is 2. The van der Waals surface area contributed by atoms with E-state index in [1.807, 2.05) is 18.2 Å². The molecule has 1 N–H and O–H groups in total. The number of benzene rings is 1. The Kier molecular flexibility index (Phi) is 4.12. The number of hydrogen-bond acceptors (Lipinski definition) is 3. The van der Waals surface area contributed by atoms with Gasteiger partial charge in [-0.05, 0) is 44.7 Å². The van der Waals surface area contributed by atoms with Gasteiger partial charge in [0.25, 0.3) is 0 Å². The molecule has 0 spiro atoms. The van der Waals surface area contributed by atoms with Crippen LogP contribution in [0.4, 0.5) is 4.79 Å². The monoisotopic (exact) mass is 275 g/mol. The fraction of sp³-hybridized carbons (Fsp3) is 0.500. The highest BCUT2D eigenvalue weighted by molar-refractivity contribution is 5.74. The summed E-state index contributed by atoms with van der Waals surface area (Å²) in [4.78, 5) is 23.1. The van der Waals surface area contributed by atoms with E-state index < -0.39 is 17.7 Å². The van der Waals surface area contributed by atoms with Crippen LogP contribution in [0.2, 0.25) is 0 Å². The van der Waals surface area contributed by atoms with E-state index in [0.29, 0.717) is 0 Å². The van der Waals surface area contributed by atoms with Gasteiger partial charge in [0.2, 0.25) is 0 Å². The minimum Gasteiger partial charge on any atom is -0.444 e. The Hall–Kier alpha value is -1.84. The Balaban J connectivity index is 2.07. The Morgan fingerprint density at radius 2 is 2.10 bits per heavy atom. The molecule has 1 aromatic carbocycles. The average Bonchev–Trinajstić information content (AvgIpc) is 2.77. The number of aldehydes is 1. The topological polar surface area (TPSA) is 55.4 Å². The van der Waals surface area contributed by atoms with Gasteiger partial charge in [-0.3, -0.25) is 0 Å². The molecule has 0 fully saturated rings. The second-order valence-corrected chi connectivity index (χ2v) is 6.15. The van der Waals surface area contributed by atoms with Crippen LogP contribution in [0.3, 0.4) is 0 Å². The molecule has 0 aliphatic heterocycles. The molecule has 2 rings (SSSR count). The minimum absolute atomic E-state index is 0.0382. The molecule has 0 radical (unpaired) electrons. The van der Waals surface area contributed by atoms with E-state index >= 15 is 0 Å². The maximum Gasteiger partial charge on any atom is 0.408 e. The molecule has 1 amide bonds. The molecule has 4 nitrogen and oxygen atoms in total. The molecular formula is C16H21NO3. The average molecular weight is 275 g/mol. The van der Waals surface area contributed by atoms with Crippen molar-refractivity contribution >= 4 is 12.4 Å². The second kappa shape index (κ2) is 5.65. The van der Waals surface area contributed by atoms with Crippen LogP contribution < -0.4 is 5.32 Å². The molecule has 1 aliphatic carbocycles. The van der Waals surface area contributed by atoms with E-state index in [1.54, 1.807) is 20.8 Å².